The molecule has 0 saturated carbocycles. The van der Waals surface area contributed by atoms with E-state index < -0.39 is 0 Å². The summed E-state index contributed by atoms with van der Waals surface area (Å²) in [6.45, 7) is 2.38. The number of ketones is 1. The number of nitrogens with zero attached hydrogens (tertiary/aromatic N) is 2. The van der Waals surface area contributed by atoms with Gasteiger partial charge in [0.25, 0.3) is 0 Å². The Morgan fingerprint density at radius 2 is 1.97 bits per heavy atom. The first kappa shape index (κ1) is 19.6. The van der Waals surface area contributed by atoms with Gasteiger partial charge in [-0.25, -0.2) is 4.98 Å². The molecular formula is C24H21BN2O3. The van der Waals surface area contributed by atoms with Crippen LogP contribution in [0.1, 0.15) is 27.0 Å². The Kier molecular flexibility index (Phi) is 5.23. The number of methoxy groups -OCH3 is 1. The Hall–Kier alpha value is -3.67. The predicted molar refractivity (Wildman–Crippen MR) is 121 cm³/mol. The largest absolute Gasteiger partial charge is 0.496 e. The number of fused-ring (bicyclic) bond motifs is 1. The third-order valence-corrected chi connectivity index (χ3v) is 5.17. The maximum atomic E-state index is 13.2. The zero-order chi connectivity index (χ0) is 21.3. The van der Waals surface area contributed by atoms with Crippen LogP contribution in [0.3, 0.4) is 0 Å². The van der Waals surface area contributed by atoms with Gasteiger partial charge in [-0.1, -0.05) is 29.7 Å². The van der Waals surface area contributed by atoms with Crippen molar-refractivity contribution < 1.29 is 9.53 Å². The molecule has 0 unspecified atom stereocenters. The first-order valence-corrected chi connectivity index (χ1v) is 9.71. The number of aromatic nitrogens is 2. The maximum absolute atomic E-state index is 13.2. The number of aryl methyl sites for hydroxylation is 1. The van der Waals surface area contributed by atoms with Crippen molar-refractivity contribution in [2.45, 2.75) is 13.5 Å². The van der Waals surface area contributed by atoms with E-state index in [-0.39, 0.29) is 16.8 Å². The molecule has 0 amide bonds. The summed E-state index contributed by atoms with van der Waals surface area (Å²) in [6.07, 6.45) is 3.28. The smallest absolute Gasteiger partial charge is 0.202 e. The van der Waals surface area contributed by atoms with Crippen molar-refractivity contribution in [1.82, 2.24) is 9.55 Å². The SMILES string of the molecule is Bc1cccc(Cn2cc(C(=O)c3ccc(OC)c(C)c3)c(=O)c3cccnc32)c1. The molecule has 5 nitrogen and oxygen atoms in total. The highest BCUT2D eigenvalue weighted by Gasteiger charge is 2.18. The van der Waals surface area contributed by atoms with Crippen LogP contribution in [0.2, 0.25) is 0 Å². The van der Waals surface area contributed by atoms with E-state index in [4.69, 9.17) is 4.74 Å². The molecule has 0 fully saturated rings. The van der Waals surface area contributed by atoms with Crippen LogP contribution in [0.4, 0.5) is 0 Å². The summed E-state index contributed by atoms with van der Waals surface area (Å²) in [6, 6.07) is 16.7. The third kappa shape index (κ3) is 3.64. The first-order chi connectivity index (χ1) is 14.5. The average Bonchev–Trinajstić information content (AvgIpc) is 2.75. The Balaban J connectivity index is 1.86. The number of carbonyl (C=O) groups excluding carboxylic acids is 1. The maximum Gasteiger partial charge on any atom is 0.202 e. The van der Waals surface area contributed by atoms with E-state index in [1.165, 1.54) is 0 Å². The number of pyridine rings is 2. The number of ether oxygens (including phenoxy) is 1. The van der Waals surface area contributed by atoms with Gasteiger partial charge in [0, 0.05) is 24.5 Å². The van der Waals surface area contributed by atoms with Gasteiger partial charge in [-0.15, -0.1) is 0 Å². The van der Waals surface area contributed by atoms with Crippen LogP contribution in [0.15, 0.2) is 71.8 Å². The van der Waals surface area contributed by atoms with Crippen molar-refractivity contribution in [1.29, 1.82) is 0 Å². The van der Waals surface area contributed by atoms with Gasteiger partial charge in [-0.05, 0) is 48.4 Å². The van der Waals surface area contributed by atoms with E-state index in [0.29, 0.717) is 28.9 Å². The van der Waals surface area contributed by atoms with Gasteiger partial charge in [0.05, 0.1) is 18.1 Å². The average molecular weight is 396 g/mol. The molecule has 0 saturated heterocycles. The third-order valence-electron chi connectivity index (χ3n) is 5.17. The van der Waals surface area contributed by atoms with Crippen LogP contribution in [0.5, 0.6) is 5.75 Å². The predicted octanol–water partition coefficient (Wildman–Crippen LogP) is 2.25. The van der Waals surface area contributed by atoms with E-state index in [9.17, 15) is 9.59 Å². The molecule has 148 valence electrons. The van der Waals surface area contributed by atoms with Gasteiger partial charge in [0.1, 0.15) is 19.2 Å². The molecule has 4 rings (SSSR count). The van der Waals surface area contributed by atoms with Gasteiger partial charge < -0.3 is 9.30 Å². The summed E-state index contributed by atoms with van der Waals surface area (Å²) < 4.78 is 7.15. The van der Waals surface area contributed by atoms with E-state index in [0.717, 1.165) is 16.6 Å². The highest BCUT2D eigenvalue weighted by molar-refractivity contribution is 6.32. The number of hydrogen-bond donors (Lipinski definition) is 0. The fraction of sp³-hybridized carbons (Fsp3) is 0.125. The highest BCUT2D eigenvalue weighted by Crippen LogP contribution is 2.21. The molecule has 0 aliphatic rings. The van der Waals surface area contributed by atoms with Gasteiger partial charge in [0.2, 0.25) is 5.43 Å². The van der Waals surface area contributed by atoms with Crippen LogP contribution >= 0.6 is 0 Å². The minimum atomic E-state index is -0.311. The molecule has 4 aromatic rings. The quantitative estimate of drug-likeness (QED) is 0.384. The van der Waals surface area contributed by atoms with Crippen molar-refractivity contribution in [3.8, 4) is 5.75 Å². The van der Waals surface area contributed by atoms with Gasteiger partial charge in [-0.2, -0.15) is 0 Å². The molecule has 0 bridgehead atoms. The van der Waals surface area contributed by atoms with E-state index in [2.05, 4.69) is 11.1 Å². The van der Waals surface area contributed by atoms with E-state index in [1.54, 1.807) is 49.8 Å². The molecule has 2 aromatic heterocycles. The molecule has 30 heavy (non-hydrogen) atoms. The summed E-state index contributed by atoms with van der Waals surface area (Å²) in [7, 11) is 3.62. The lowest BCUT2D eigenvalue weighted by Crippen LogP contribution is -2.21. The number of carbonyl (C=O) groups is 1. The topological polar surface area (TPSA) is 61.2 Å². The number of hydrogen-bond acceptors (Lipinski definition) is 4. The van der Waals surface area contributed by atoms with Crippen molar-refractivity contribution >= 4 is 30.1 Å². The number of rotatable bonds is 5. The Morgan fingerprint density at radius 3 is 2.70 bits per heavy atom. The van der Waals surface area contributed by atoms with E-state index >= 15 is 0 Å². The lowest BCUT2D eigenvalue weighted by Gasteiger charge is -2.13. The summed E-state index contributed by atoms with van der Waals surface area (Å²) in [5.74, 6) is 0.389. The zero-order valence-electron chi connectivity index (χ0n) is 17.2. The second-order valence-corrected chi connectivity index (χ2v) is 7.38. The molecule has 0 atom stereocenters. The summed E-state index contributed by atoms with van der Waals surface area (Å²) >= 11 is 0. The first-order valence-electron chi connectivity index (χ1n) is 9.71. The lowest BCUT2D eigenvalue weighted by molar-refractivity contribution is 0.103. The van der Waals surface area contributed by atoms with Crippen LogP contribution < -0.4 is 15.6 Å². The van der Waals surface area contributed by atoms with E-state index in [1.807, 2.05) is 37.5 Å². The standard InChI is InChI=1S/C24H21BN2O3/c1-15-11-17(8-9-21(15)30-2)22(28)20-14-27(13-16-5-3-6-18(25)12-16)24-19(23(20)29)7-4-10-26-24/h3-12,14H,13,25H2,1-2H3. The normalized spacial score (nSPS) is 10.9. The van der Waals surface area contributed by atoms with Crippen molar-refractivity contribution in [2.75, 3.05) is 7.11 Å². The molecule has 0 radical (unpaired) electrons. The molecule has 6 heteroatoms. The molecular weight excluding hydrogens is 375 g/mol. The van der Waals surface area contributed by atoms with Crippen LogP contribution in [0.25, 0.3) is 11.0 Å². The van der Waals surface area contributed by atoms with Crippen molar-refractivity contribution in [3.05, 3.63) is 99.5 Å². The second-order valence-electron chi connectivity index (χ2n) is 7.38. The Morgan fingerprint density at radius 1 is 1.13 bits per heavy atom. The Labute approximate surface area is 175 Å². The fourth-order valence-electron chi connectivity index (χ4n) is 3.69. The minimum Gasteiger partial charge on any atom is -0.496 e. The van der Waals surface area contributed by atoms with Gasteiger partial charge >= 0.3 is 0 Å². The van der Waals surface area contributed by atoms with Crippen molar-refractivity contribution in [3.63, 3.8) is 0 Å². The summed E-state index contributed by atoms with van der Waals surface area (Å²) in [5, 5.41) is 0.432. The summed E-state index contributed by atoms with van der Waals surface area (Å²) in [5.41, 5.74) is 3.90. The lowest BCUT2D eigenvalue weighted by atomic mass is 9.94. The summed E-state index contributed by atoms with van der Waals surface area (Å²) in [4.78, 5) is 30.8. The van der Waals surface area contributed by atoms with Gasteiger partial charge in [0.15, 0.2) is 5.78 Å². The minimum absolute atomic E-state index is 0.132. The van der Waals surface area contributed by atoms with Gasteiger partial charge in [-0.3, -0.25) is 9.59 Å². The monoisotopic (exact) mass is 396 g/mol. The molecule has 2 aromatic carbocycles. The van der Waals surface area contributed by atoms with Crippen LogP contribution in [-0.2, 0) is 6.54 Å². The Bertz CT molecular complexity index is 1330. The zero-order valence-corrected chi connectivity index (χ0v) is 17.2. The fourth-order valence-corrected chi connectivity index (χ4v) is 3.69. The van der Waals surface area contributed by atoms with Crippen LogP contribution in [-0.4, -0.2) is 30.3 Å². The molecule has 0 spiro atoms. The molecule has 0 aliphatic heterocycles. The van der Waals surface area contributed by atoms with Crippen LogP contribution in [0, 0.1) is 6.92 Å². The second kappa shape index (κ2) is 7.99. The number of benzene rings is 2. The van der Waals surface area contributed by atoms with Crippen molar-refractivity contribution in [2.24, 2.45) is 0 Å². The molecule has 0 aliphatic carbocycles. The highest BCUT2D eigenvalue weighted by atomic mass is 16.5. The molecule has 2 heterocycles. The molecule has 0 N–H and O–H groups in total.